The Hall–Kier alpha value is -1.39. The van der Waals surface area contributed by atoms with Crippen molar-refractivity contribution < 1.29 is 4.79 Å². The Morgan fingerprint density at radius 2 is 2.00 bits per heavy atom. The molecule has 1 aromatic rings. The van der Waals surface area contributed by atoms with Crippen LogP contribution in [0.25, 0.3) is 0 Å². The monoisotopic (exact) mass is 261 g/mol. The van der Waals surface area contributed by atoms with Crippen molar-refractivity contribution in [2.24, 2.45) is 0 Å². The highest BCUT2D eigenvalue weighted by atomic mass is 16.1. The minimum absolute atomic E-state index is 0.0784. The third-order valence-corrected chi connectivity index (χ3v) is 3.43. The molecule has 19 heavy (non-hydrogen) atoms. The quantitative estimate of drug-likeness (QED) is 0.774. The lowest BCUT2D eigenvalue weighted by atomic mass is 10.1. The molecule has 0 bridgehead atoms. The molecule has 0 saturated heterocycles. The molecule has 0 radical (unpaired) electrons. The number of carbonyl (C=O) groups is 1. The molecule has 2 N–H and O–H groups in total. The molecule has 1 fully saturated rings. The lowest BCUT2D eigenvalue weighted by Gasteiger charge is -2.25. The van der Waals surface area contributed by atoms with E-state index in [1.165, 1.54) is 18.4 Å². The van der Waals surface area contributed by atoms with Crippen LogP contribution in [0.2, 0.25) is 0 Å². The van der Waals surface area contributed by atoms with Gasteiger partial charge in [0.1, 0.15) is 0 Å². The molecule has 4 nitrogen and oxygen atoms in total. The largest absolute Gasteiger partial charge is 0.353 e. The summed E-state index contributed by atoms with van der Waals surface area (Å²) in [5.74, 6) is 0.0784. The maximum absolute atomic E-state index is 11.7. The molecule has 1 atom stereocenters. The van der Waals surface area contributed by atoms with E-state index >= 15 is 0 Å². The molecule has 1 aliphatic carbocycles. The second-order valence-electron chi connectivity index (χ2n) is 5.35. The Bertz CT molecular complexity index is 401. The van der Waals surface area contributed by atoms with Crippen LogP contribution in [0.15, 0.2) is 30.3 Å². The Kier molecular flexibility index (Phi) is 4.93. The number of hydrogen-bond acceptors (Lipinski definition) is 3. The highest BCUT2D eigenvalue weighted by molar-refractivity contribution is 5.78. The average Bonchev–Trinajstić information content (AvgIpc) is 3.21. The normalized spacial score (nSPS) is 16.4. The van der Waals surface area contributed by atoms with Gasteiger partial charge in [-0.25, -0.2) is 0 Å². The highest BCUT2D eigenvalue weighted by Gasteiger charge is 2.21. The number of hydrogen-bond donors (Lipinski definition) is 2. The summed E-state index contributed by atoms with van der Waals surface area (Å²) in [5, 5.41) is 6.23. The van der Waals surface area contributed by atoms with E-state index < -0.39 is 0 Å². The third-order valence-electron chi connectivity index (χ3n) is 3.43. The Morgan fingerprint density at radius 1 is 1.32 bits per heavy atom. The summed E-state index contributed by atoms with van der Waals surface area (Å²) in [6.45, 7) is 1.07. The molecule has 104 valence electrons. The minimum atomic E-state index is 0.0784. The van der Waals surface area contributed by atoms with Gasteiger partial charge in [0, 0.05) is 12.6 Å². The zero-order chi connectivity index (χ0) is 13.7. The second kappa shape index (κ2) is 6.68. The van der Waals surface area contributed by atoms with Gasteiger partial charge in [-0.15, -0.1) is 0 Å². The highest BCUT2D eigenvalue weighted by Crippen LogP contribution is 2.18. The van der Waals surface area contributed by atoms with E-state index in [2.05, 4.69) is 27.7 Å². The molecule has 0 aromatic heterocycles. The van der Waals surface area contributed by atoms with E-state index in [0.717, 1.165) is 0 Å². The summed E-state index contributed by atoms with van der Waals surface area (Å²) in [6, 6.07) is 11.0. The van der Waals surface area contributed by atoms with E-state index in [1.807, 2.05) is 32.3 Å². The molecule has 2 rings (SSSR count). The number of nitrogens with one attached hydrogen (secondary N) is 2. The van der Waals surface area contributed by atoms with Gasteiger partial charge >= 0.3 is 0 Å². The summed E-state index contributed by atoms with van der Waals surface area (Å²) in [7, 11) is 4.07. The topological polar surface area (TPSA) is 44.4 Å². The summed E-state index contributed by atoms with van der Waals surface area (Å²) < 4.78 is 0. The molecular formula is C15H23N3O. The molecule has 4 heteroatoms. The number of nitrogens with zero attached hydrogens (tertiary/aromatic N) is 1. The van der Waals surface area contributed by atoms with Crippen molar-refractivity contribution in [2.75, 3.05) is 27.2 Å². The molecule has 1 saturated carbocycles. The van der Waals surface area contributed by atoms with Crippen molar-refractivity contribution >= 4 is 5.91 Å². The van der Waals surface area contributed by atoms with Crippen molar-refractivity contribution in [3.05, 3.63) is 35.9 Å². The first-order valence-corrected chi connectivity index (χ1v) is 6.88. The van der Waals surface area contributed by atoms with Crippen LogP contribution in [0.4, 0.5) is 0 Å². The predicted octanol–water partition coefficient (Wildman–Crippen LogP) is 1.16. The fourth-order valence-corrected chi connectivity index (χ4v) is 2.07. The number of benzene rings is 1. The van der Waals surface area contributed by atoms with E-state index in [4.69, 9.17) is 0 Å². The van der Waals surface area contributed by atoms with E-state index in [-0.39, 0.29) is 11.9 Å². The number of carbonyl (C=O) groups excluding carboxylic acids is 1. The molecule has 1 aliphatic rings. The van der Waals surface area contributed by atoms with Crippen molar-refractivity contribution in [2.45, 2.75) is 24.9 Å². The molecular weight excluding hydrogens is 238 g/mol. The van der Waals surface area contributed by atoms with Gasteiger partial charge in [0.15, 0.2) is 0 Å². The second-order valence-corrected chi connectivity index (χ2v) is 5.35. The van der Waals surface area contributed by atoms with Gasteiger partial charge in [-0.05, 0) is 32.5 Å². The smallest absolute Gasteiger partial charge is 0.234 e. The summed E-state index contributed by atoms with van der Waals surface area (Å²) in [6.07, 6.45) is 2.41. The first-order valence-electron chi connectivity index (χ1n) is 6.88. The minimum Gasteiger partial charge on any atom is -0.353 e. The van der Waals surface area contributed by atoms with Gasteiger partial charge in [-0.2, -0.15) is 0 Å². The molecule has 1 aromatic carbocycles. The number of amides is 1. The fourth-order valence-electron chi connectivity index (χ4n) is 2.07. The third kappa shape index (κ3) is 4.65. The fraction of sp³-hybridized carbons (Fsp3) is 0.533. The summed E-state index contributed by atoms with van der Waals surface area (Å²) in [4.78, 5) is 13.9. The van der Waals surface area contributed by atoms with Crippen LogP contribution in [0.1, 0.15) is 24.4 Å². The average molecular weight is 261 g/mol. The molecule has 0 heterocycles. The molecule has 1 amide bonds. The van der Waals surface area contributed by atoms with Gasteiger partial charge in [0.25, 0.3) is 0 Å². The summed E-state index contributed by atoms with van der Waals surface area (Å²) in [5.41, 5.74) is 1.22. The van der Waals surface area contributed by atoms with Crippen LogP contribution in [0.3, 0.4) is 0 Å². The molecule has 1 unspecified atom stereocenters. The van der Waals surface area contributed by atoms with Crippen LogP contribution in [-0.2, 0) is 4.79 Å². The summed E-state index contributed by atoms with van der Waals surface area (Å²) >= 11 is 0. The Labute approximate surface area is 115 Å². The standard InChI is InChI=1S/C15H23N3O/c1-18(2)14(12-6-4-3-5-7-12)10-17-15(19)11-16-13-8-9-13/h3-7,13-14,16H,8-11H2,1-2H3,(H,17,19). The molecule has 0 aliphatic heterocycles. The van der Waals surface area contributed by atoms with Crippen LogP contribution in [0.5, 0.6) is 0 Å². The molecule has 0 spiro atoms. The van der Waals surface area contributed by atoms with Crippen molar-refractivity contribution in [3.8, 4) is 0 Å². The first-order chi connectivity index (χ1) is 9.16. The predicted molar refractivity (Wildman–Crippen MR) is 76.9 cm³/mol. The zero-order valence-corrected chi connectivity index (χ0v) is 11.7. The SMILES string of the molecule is CN(C)C(CNC(=O)CNC1CC1)c1ccccc1. The number of likely N-dealkylation sites (N-methyl/N-ethyl adjacent to an activating group) is 1. The Morgan fingerprint density at radius 3 is 2.58 bits per heavy atom. The maximum Gasteiger partial charge on any atom is 0.234 e. The van der Waals surface area contributed by atoms with Gasteiger partial charge in [-0.3, -0.25) is 4.79 Å². The van der Waals surface area contributed by atoms with Gasteiger partial charge in [0.2, 0.25) is 5.91 Å². The van der Waals surface area contributed by atoms with E-state index in [0.29, 0.717) is 19.1 Å². The van der Waals surface area contributed by atoms with Crippen molar-refractivity contribution in [1.82, 2.24) is 15.5 Å². The lowest BCUT2D eigenvalue weighted by molar-refractivity contribution is -0.120. The van der Waals surface area contributed by atoms with Gasteiger partial charge < -0.3 is 15.5 Å². The van der Waals surface area contributed by atoms with Crippen LogP contribution in [0, 0.1) is 0 Å². The maximum atomic E-state index is 11.7. The van der Waals surface area contributed by atoms with Crippen LogP contribution >= 0.6 is 0 Å². The van der Waals surface area contributed by atoms with Crippen molar-refractivity contribution in [1.29, 1.82) is 0 Å². The zero-order valence-electron chi connectivity index (χ0n) is 11.7. The number of rotatable bonds is 7. The van der Waals surface area contributed by atoms with Gasteiger partial charge in [-0.1, -0.05) is 30.3 Å². The van der Waals surface area contributed by atoms with Crippen LogP contribution in [-0.4, -0.2) is 44.0 Å². The van der Waals surface area contributed by atoms with Gasteiger partial charge in [0.05, 0.1) is 12.6 Å². The van der Waals surface area contributed by atoms with E-state index in [9.17, 15) is 4.79 Å². The van der Waals surface area contributed by atoms with E-state index in [1.54, 1.807) is 0 Å². The Balaban J connectivity index is 1.81. The van der Waals surface area contributed by atoms with Crippen LogP contribution < -0.4 is 10.6 Å². The first kappa shape index (κ1) is 14.0. The van der Waals surface area contributed by atoms with Crippen molar-refractivity contribution in [3.63, 3.8) is 0 Å². The lowest BCUT2D eigenvalue weighted by Crippen LogP contribution is -2.39.